The van der Waals surface area contributed by atoms with E-state index < -0.39 is 0 Å². The molecule has 1 saturated heterocycles. The zero-order valence-electron chi connectivity index (χ0n) is 18.9. The highest BCUT2D eigenvalue weighted by molar-refractivity contribution is 5.93. The summed E-state index contributed by atoms with van der Waals surface area (Å²) in [6, 6.07) is 16.3. The predicted molar refractivity (Wildman–Crippen MR) is 125 cm³/mol. The van der Waals surface area contributed by atoms with Gasteiger partial charge in [0.1, 0.15) is 0 Å². The third-order valence-corrected chi connectivity index (χ3v) is 5.89. The molecule has 0 unspecified atom stereocenters. The number of amides is 2. The van der Waals surface area contributed by atoms with Crippen LogP contribution in [0.15, 0.2) is 48.5 Å². The highest BCUT2D eigenvalue weighted by Gasteiger charge is 2.23. The summed E-state index contributed by atoms with van der Waals surface area (Å²) in [5.74, 6) is 0.162. The van der Waals surface area contributed by atoms with Crippen LogP contribution >= 0.6 is 0 Å². The topological polar surface area (TPSA) is 55.9 Å². The molecule has 3 rings (SSSR count). The van der Waals surface area contributed by atoms with Crippen LogP contribution in [0.5, 0.6) is 0 Å². The molecule has 31 heavy (non-hydrogen) atoms. The van der Waals surface area contributed by atoms with E-state index in [9.17, 15) is 9.59 Å². The quantitative estimate of drug-likeness (QED) is 0.711. The van der Waals surface area contributed by atoms with Gasteiger partial charge in [-0.3, -0.25) is 19.4 Å². The van der Waals surface area contributed by atoms with Gasteiger partial charge in [0.25, 0.3) is 0 Å². The Hall–Kier alpha value is -2.70. The van der Waals surface area contributed by atoms with Crippen LogP contribution in [0.4, 0.5) is 5.69 Å². The maximum absolute atomic E-state index is 12.8. The molecule has 0 saturated carbocycles. The van der Waals surface area contributed by atoms with Crippen LogP contribution in [0.2, 0.25) is 0 Å². The first-order chi connectivity index (χ1) is 15.0. The van der Waals surface area contributed by atoms with Gasteiger partial charge in [0.15, 0.2) is 0 Å². The number of nitrogens with one attached hydrogen (secondary N) is 1. The average molecular weight is 423 g/mol. The molecular weight excluding hydrogens is 388 g/mol. The molecule has 2 aromatic rings. The molecule has 0 radical (unpaired) electrons. The fraction of sp³-hybridized carbons (Fsp3) is 0.440. The van der Waals surface area contributed by atoms with Gasteiger partial charge in [0, 0.05) is 38.4 Å². The van der Waals surface area contributed by atoms with Crippen molar-refractivity contribution in [3.63, 3.8) is 0 Å². The molecule has 1 heterocycles. The number of piperazine rings is 1. The van der Waals surface area contributed by atoms with E-state index in [-0.39, 0.29) is 11.8 Å². The van der Waals surface area contributed by atoms with Gasteiger partial charge in [-0.05, 0) is 37.1 Å². The molecular formula is C25H34N4O2. The fourth-order valence-corrected chi connectivity index (χ4v) is 3.96. The molecule has 0 bridgehead atoms. The van der Waals surface area contributed by atoms with Crippen LogP contribution in [0.3, 0.4) is 0 Å². The molecule has 0 aromatic heterocycles. The Morgan fingerprint density at radius 3 is 2.19 bits per heavy atom. The first-order valence-electron chi connectivity index (χ1n) is 11.1. The maximum Gasteiger partial charge on any atom is 0.238 e. The number of benzene rings is 2. The van der Waals surface area contributed by atoms with Gasteiger partial charge < -0.3 is 10.2 Å². The number of hydrogen-bond donors (Lipinski definition) is 1. The molecule has 6 nitrogen and oxygen atoms in total. The number of rotatable bonds is 8. The van der Waals surface area contributed by atoms with E-state index in [1.54, 1.807) is 0 Å². The lowest BCUT2D eigenvalue weighted by Gasteiger charge is -2.35. The Morgan fingerprint density at radius 1 is 0.935 bits per heavy atom. The minimum absolute atomic E-state index is 0.00260. The van der Waals surface area contributed by atoms with E-state index in [1.807, 2.05) is 55.1 Å². The molecule has 1 aliphatic heterocycles. The molecule has 1 aliphatic rings. The fourth-order valence-electron chi connectivity index (χ4n) is 3.96. The van der Waals surface area contributed by atoms with Crippen LogP contribution in [-0.2, 0) is 16.1 Å². The number of aryl methyl sites for hydroxylation is 2. The summed E-state index contributed by atoms with van der Waals surface area (Å²) < 4.78 is 0. The van der Waals surface area contributed by atoms with Crippen molar-refractivity contribution >= 4 is 17.5 Å². The second-order valence-electron chi connectivity index (χ2n) is 8.26. The number of carbonyl (C=O) groups is 2. The molecule has 6 heteroatoms. The summed E-state index contributed by atoms with van der Waals surface area (Å²) in [4.78, 5) is 31.5. The lowest BCUT2D eigenvalue weighted by atomic mass is 10.1. The Kier molecular flexibility index (Phi) is 8.20. The van der Waals surface area contributed by atoms with Gasteiger partial charge in [0.05, 0.1) is 13.1 Å². The number of carbonyl (C=O) groups excluding carboxylic acids is 2. The van der Waals surface area contributed by atoms with Crippen molar-refractivity contribution in [1.29, 1.82) is 0 Å². The largest absolute Gasteiger partial charge is 0.339 e. The van der Waals surface area contributed by atoms with E-state index in [2.05, 4.69) is 34.2 Å². The maximum atomic E-state index is 12.8. The summed E-state index contributed by atoms with van der Waals surface area (Å²) in [6.45, 7) is 11.3. The zero-order valence-corrected chi connectivity index (χ0v) is 18.9. The predicted octanol–water partition coefficient (Wildman–Crippen LogP) is 2.91. The molecule has 1 N–H and O–H groups in total. The summed E-state index contributed by atoms with van der Waals surface area (Å²) in [5.41, 5.74) is 4.26. The van der Waals surface area contributed by atoms with E-state index in [4.69, 9.17) is 0 Å². The first kappa shape index (κ1) is 23.0. The summed E-state index contributed by atoms with van der Waals surface area (Å²) in [6.07, 6.45) is 0. The number of nitrogens with zero attached hydrogens (tertiary/aromatic N) is 3. The first-order valence-corrected chi connectivity index (χ1v) is 11.1. The lowest BCUT2D eigenvalue weighted by Crippen LogP contribution is -2.52. The van der Waals surface area contributed by atoms with Crippen LogP contribution in [0.25, 0.3) is 0 Å². The van der Waals surface area contributed by atoms with Gasteiger partial charge in [0.2, 0.25) is 11.8 Å². The van der Waals surface area contributed by atoms with Crippen molar-refractivity contribution in [2.75, 3.05) is 51.1 Å². The molecule has 1 fully saturated rings. The Labute approximate surface area is 185 Å². The van der Waals surface area contributed by atoms with Gasteiger partial charge in [-0.15, -0.1) is 0 Å². The lowest BCUT2D eigenvalue weighted by molar-refractivity contribution is -0.134. The molecule has 0 atom stereocenters. The van der Waals surface area contributed by atoms with Crippen LogP contribution in [0.1, 0.15) is 23.6 Å². The second kappa shape index (κ2) is 11.1. The highest BCUT2D eigenvalue weighted by Crippen LogP contribution is 2.19. The van der Waals surface area contributed by atoms with Crippen LogP contribution in [-0.4, -0.2) is 72.3 Å². The average Bonchev–Trinajstić information content (AvgIpc) is 2.77. The van der Waals surface area contributed by atoms with Crippen molar-refractivity contribution in [3.05, 3.63) is 65.2 Å². The smallest absolute Gasteiger partial charge is 0.238 e. The normalized spacial score (nSPS) is 14.6. The van der Waals surface area contributed by atoms with Crippen molar-refractivity contribution in [2.45, 2.75) is 27.3 Å². The standard InChI is InChI=1S/C25H34N4O2/c1-4-27(17-22-11-6-5-7-12-22)19-24(31)29-15-13-28(14-16-29)18-23(30)26-25-20(2)9-8-10-21(25)3/h5-12H,4,13-19H2,1-3H3,(H,26,30). The minimum Gasteiger partial charge on any atom is -0.339 e. The number of anilines is 1. The van der Waals surface area contributed by atoms with E-state index in [0.717, 1.165) is 43.0 Å². The summed E-state index contributed by atoms with van der Waals surface area (Å²) >= 11 is 0. The SMILES string of the molecule is CCN(CC(=O)N1CCN(CC(=O)Nc2c(C)cccc2C)CC1)Cc1ccccc1. The Morgan fingerprint density at radius 2 is 1.58 bits per heavy atom. The number of hydrogen-bond acceptors (Lipinski definition) is 4. The van der Waals surface area contributed by atoms with Gasteiger partial charge in [-0.2, -0.15) is 0 Å². The van der Waals surface area contributed by atoms with Crippen molar-refractivity contribution < 1.29 is 9.59 Å². The Bertz CT molecular complexity index is 856. The second-order valence-corrected chi connectivity index (χ2v) is 8.26. The third-order valence-electron chi connectivity index (χ3n) is 5.89. The molecule has 2 amide bonds. The monoisotopic (exact) mass is 422 g/mol. The number of likely N-dealkylation sites (N-methyl/N-ethyl adjacent to an activating group) is 1. The van der Waals surface area contributed by atoms with Gasteiger partial charge in [-0.25, -0.2) is 0 Å². The van der Waals surface area contributed by atoms with Crippen LogP contribution in [0, 0.1) is 13.8 Å². The minimum atomic E-state index is -0.00260. The van der Waals surface area contributed by atoms with Crippen molar-refractivity contribution in [2.24, 2.45) is 0 Å². The Balaban J connectivity index is 1.44. The summed E-state index contributed by atoms with van der Waals surface area (Å²) in [7, 11) is 0. The molecule has 2 aromatic carbocycles. The van der Waals surface area contributed by atoms with E-state index in [1.165, 1.54) is 5.56 Å². The zero-order chi connectivity index (χ0) is 22.2. The van der Waals surface area contributed by atoms with Gasteiger partial charge >= 0.3 is 0 Å². The molecule has 0 spiro atoms. The molecule has 166 valence electrons. The molecule has 0 aliphatic carbocycles. The van der Waals surface area contributed by atoms with Crippen molar-refractivity contribution in [1.82, 2.24) is 14.7 Å². The van der Waals surface area contributed by atoms with E-state index >= 15 is 0 Å². The van der Waals surface area contributed by atoms with Gasteiger partial charge in [-0.1, -0.05) is 55.5 Å². The van der Waals surface area contributed by atoms with E-state index in [0.29, 0.717) is 26.2 Å². The van der Waals surface area contributed by atoms with Crippen molar-refractivity contribution in [3.8, 4) is 0 Å². The highest BCUT2D eigenvalue weighted by atomic mass is 16.2. The number of para-hydroxylation sites is 1. The third kappa shape index (κ3) is 6.64. The summed E-state index contributed by atoms with van der Waals surface area (Å²) in [5, 5.41) is 3.05. The van der Waals surface area contributed by atoms with Crippen LogP contribution < -0.4 is 5.32 Å².